The van der Waals surface area contributed by atoms with Crippen molar-refractivity contribution in [2.24, 2.45) is 0 Å². The Morgan fingerprint density at radius 3 is 2.40 bits per heavy atom. The molecule has 2 aromatic rings. The van der Waals surface area contributed by atoms with Crippen LogP contribution < -0.4 is 4.74 Å². The Morgan fingerprint density at radius 2 is 1.74 bits per heavy atom. The molecule has 1 aliphatic carbocycles. The molecule has 1 aliphatic heterocycles. The van der Waals surface area contributed by atoms with Gasteiger partial charge in [-0.3, -0.25) is 9.69 Å². The summed E-state index contributed by atoms with van der Waals surface area (Å²) in [6, 6.07) is 13.9. The van der Waals surface area contributed by atoms with E-state index in [1.54, 1.807) is 0 Å². The number of halogens is 3. The highest BCUT2D eigenvalue weighted by molar-refractivity contribution is 5.88. The van der Waals surface area contributed by atoms with Gasteiger partial charge in [-0.1, -0.05) is 17.9 Å². The third-order valence-corrected chi connectivity index (χ3v) is 6.26. The highest BCUT2D eigenvalue weighted by atomic mass is 19.4. The van der Waals surface area contributed by atoms with Crippen LogP contribution in [0.4, 0.5) is 13.2 Å². The summed E-state index contributed by atoms with van der Waals surface area (Å²) >= 11 is 0. The van der Waals surface area contributed by atoms with Gasteiger partial charge in [0.15, 0.2) is 0 Å². The molecule has 1 spiro atoms. The van der Waals surface area contributed by atoms with E-state index < -0.39 is 18.1 Å². The van der Waals surface area contributed by atoms with Gasteiger partial charge in [0.2, 0.25) is 0 Å². The zero-order valence-electron chi connectivity index (χ0n) is 19.4. The standard InChI is InChI=1S/C27H26F3NO4/c1-2-34-22-11-8-19(9-12-22)5-6-20-7-10-21-17-31(18-26(13-14-26)23(21)16-20)15-3-4-24(32)35-25(33)27(28,29)30/h7-12,16H,2-4,13-15,17-18H2,1H3. The minimum Gasteiger partial charge on any atom is -0.494 e. The monoisotopic (exact) mass is 485 g/mol. The van der Waals surface area contributed by atoms with Crippen LogP contribution in [-0.4, -0.2) is 42.7 Å². The summed E-state index contributed by atoms with van der Waals surface area (Å²) in [5.74, 6) is 3.65. The Balaban J connectivity index is 1.35. The smallest absolute Gasteiger partial charge is 0.491 e. The molecule has 1 fully saturated rings. The Hall–Kier alpha value is -3.31. The first-order chi connectivity index (χ1) is 16.7. The van der Waals surface area contributed by atoms with Gasteiger partial charge in [-0.25, -0.2) is 4.79 Å². The van der Waals surface area contributed by atoms with Crippen molar-refractivity contribution in [1.82, 2.24) is 4.90 Å². The lowest BCUT2D eigenvalue weighted by atomic mass is 9.85. The summed E-state index contributed by atoms with van der Waals surface area (Å²) in [6.45, 7) is 4.62. The van der Waals surface area contributed by atoms with E-state index in [1.165, 1.54) is 11.1 Å². The van der Waals surface area contributed by atoms with Gasteiger partial charge in [0.1, 0.15) is 5.75 Å². The van der Waals surface area contributed by atoms with Gasteiger partial charge in [0.25, 0.3) is 0 Å². The van der Waals surface area contributed by atoms with Crippen LogP contribution in [-0.2, 0) is 26.3 Å². The lowest BCUT2D eigenvalue weighted by molar-refractivity contribution is -0.201. The van der Waals surface area contributed by atoms with Gasteiger partial charge < -0.3 is 9.47 Å². The third-order valence-electron chi connectivity index (χ3n) is 6.26. The molecule has 0 saturated heterocycles. The molecule has 1 saturated carbocycles. The first-order valence-electron chi connectivity index (χ1n) is 11.6. The molecule has 184 valence electrons. The van der Waals surface area contributed by atoms with Gasteiger partial charge >= 0.3 is 18.1 Å². The number of ether oxygens (including phenoxy) is 2. The number of hydrogen-bond donors (Lipinski definition) is 0. The molecular formula is C27H26F3NO4. The van der Waals surface area contributed by atoms with Gasteiger partial charge in [-0.15, -0.1) is 0 Å². The lowest BCUT2D eigenvalue weighted by Crippen LogP contribution is -2.38. The van der Waals surface area contributed by atoms with Crippen LogP contribution in [0.3, 0.4) is 0 Å². The van der Waals surface area contributed by atoms with Gasteiger partial charge in [-0.2, -0.15) is 13.2 Å². The molecule has 5 nitrogen and oxygen atoms in total. The topological polar surface area (TPSA) is 55.8 Å². The number of rotatable bonds is 6. The van der Waals surface area contributed by atoms with Crippen LogP contribution in [0.2, 0.25) is 0 Å². The van der Waals surface area contributed by atoms with Crippen LogP contribution in [0.1, 0.15) is 54.9 Å². The van der Waals surface area contributed by atoms with E-state index in [1.807, 2.05) is 37.3 Å². The number of carbonyl (C=O) groups is 2. The maximum atomic E-state index is 12.2. The summed E-state index contributed by atoms with van der Waals surface area (Å²) in [5, 5.41) is 0. The van der Waals surface area contributed by atoms with E-state index >= 15 is 0 Å². The van der Waals surface area contributed by atoms with Crippen molar-refractivity contribution in [3.63, 3.8) is 0 Å². The largest absolute Gasteiger partial charge is 0.494 e. The van der Waals surface area contributed by atoms with Crippen molar-refractivity contribution in [3.05, 3.63) is 64.7 Å². The second kappa shape index (κ2) is 10.1. The Labute approximate surface area is 202 Å². The summed E-state index contributed by atoms with van der Waals surface area (Å²) in [5.41, 5.74) is 4.44. The molecule has 0 bridgehead atoms. The Morgan fingerprint density at radius 1 is 1.06 bits per heavy atom. The number of nitrogens with zero attached hydrogens (tertiary/aromatic N) is 1. The number of carbonyl (C=O) groups excluding carboxylic acids is 2. The molecule has 0 aromatic heterocycles. The van der Waals surface area contributed by atoms with Crippen LogP contribution in [0.25, 0.3) is 0 Å². The fourth-order valence-electron chi connectivity index (χ4n) is 4.44. The maximum absolute atomic E-state index is 12.2. The van der Waals surface area contributed by atoms with E-state index in [2.05, 4.69) is 33.6 Å². The molecule has 0 radical (unpaired) electrons. The number of esters is 2. The molecule has 4 rings (SSSR count). The number of fused-ring (bicyclic) bond motifs is 2. The average Bonchev–Trinajstić information content (AvgIpc) is 3.58. The summed E-state index contributed by atoms with van der Waals surface area (Å²) in [7, 11) is 0. The normalized spacial score (nSPS) is 16.1. The first-order valence-corrected chi connectivity index (χ1v) is 11.6. The van der Waals surface area contributed by atoms with Crippen molar-refractivity contribution in [2.45, 2.75) is 50.7 Å². The van der Waals surface area contributed by atoms with Crippen molar-refractivity contribution in [3.8, 4) is 17.6 Å². The third kappa shape index (κ3) is 6.23. The van der Waals surface area contributed by atoms with Crippen LogP contribution >= 0.6 is 0 Å². The predicted molar refractivity (Wildman–Crippen MR) is 123 cm³/mol. The van der Waals surface area contributed by atoms with Crippen LogP contribution in [0, 0.1) is 11.8 Å². The molecular weight excluding hydrogens is 459 g/mol. The van der Waals surface area contributed by atoms with Gasteiger partial charge in [0, 0.05) is 36.1 Å². The molecule has 2 aliphatic rings. The minimum absolute atomic E-state index is 0.0666. The summed E-state index contributed by atoms with van der Waals surface area (Å²) in [4.78, 5) is 24.5. The van der Waals surface area contributed by atoms with Crippen molar-refractivity contribution < 1.29 is 32.2 Å². The van der Waals surface area contributed by atoms with Crippen molar-refractivity contribution in [1.29, 1.82) is 0 Å². The Kier molecular flexibility index (Phi) is 7.18. The quantitative estimate of drug-likeness (QED) is 0.336. The molecule has 1 heterocycles. The van der Waals surface area contributed by atoms with E-state index in [0.717, 1.165) is 36.3 Å². The second-order valence-corrected chi connectivity index (χ2v) is 8.93. The fraction of sp³-hybridized carbons (Fsp3) is 0.407. The molecule has 0 amide bonds. The summed E-state index contributed by atoms with van der Waals surface area (Å²) in [6.07, 6.45) is -2.95. The van der Waals surface area contributed by atoms with E-state index in [4.69, 9.17) is 4.74 Å². The minimum atomic E-state index is -5.16. The molecule has 0 atom stereocenters. The van der Waals surface area contributed by atoms with Gasteiger partial charge in [0.05, 0.1) is 6.61 Å². The molecule has 35 heavy (non-hydrogen) atoms. The molecule has 8 heteroatoms. The first kappa shape index (κ1) is 24.8. The van der Waals surface area contributed by atoms with Crippen LogP contribution in [0.5, 0.6) is 5.75 Å². The zero-order valence-corrected chi connectivity index (χ0v) is 19.4. The number of benzene rings is 2. The molecule has 2 aromatic carbocycles. The van der Waals surface area contributed by atoms with E-state index in [-0.39, 0.29) is 11.8 Å². The summed E-state index contributed by atoms with van der Waals surface area (Å²) < 4.78 is 46.0. The lowest BCUT2D eigenvalue weighted by Gasteiger charge is -2.35. The highest BCUT2D eigenvalue weighted by Crippen LogP contribution is 2.52. The van der Waals surface area contributed by atoms with Crippen LogP contribution in [0.15, 0.2) is 42.5 Å². The van der Waals surface area contributed by atoms with Crippen molar-refractivity contribution >= 4 is 11.9 Å². The maximum Gasteiger partial charge on any atom is 0.491 e. The fourth-order valence-corrected chi connectivity index (χ4v) is 4.44. The van der Waals surface area contributed by atoms with Crippen molar-refractivity contribution in [2.75, 3.05) is 19.7 Å². The number of hydrogen-bond acceptors (Lipinski definition) is 5. The number of alkyl halides is 3. The van der Waals surface area contributed by atoms with Gasteiger partial charge in [-0.05, 0) is 80.3 Å². The average molecular weight is 486 g/mol. The highest BCUT2D eigenvalue weighted by Gasteiger charge is 2.49. The van der Waals surface area contributed by atoms with E-state index in [9.17, 15) is 22.8 Å². The molecule has 0 N–H and O–H groups in total. The van der Waals surface area contributed by atoms with E-state index in [0.29, 0.717) is 26.1 Å². The SMILES string of the molecule is CCOc1ccc(C#Cc2ccc3c(c2)C2(CC2)CN(CCCC(=O)OC(=O)C(F)(F)F)C3)cc1. The molecule has 0 unspecified atom stereocenters. The Bertz CT molecular complexity index is 1160. The second-order valence-electron chi connectivity index (χ2n) is 8.93. The zero-order chi connectivity index (χ0) is 25.1. The predicted octanol–water partition coefficient (Wildman–Crippen LogP) is 4.74.